The third kappa shape index (κ3) is 5.66. The minimum atomic E-state index is -0.210. The van der Waals surface area contributed by atoms with Crippen LogP contribution >= 0.6 is 11.8 Å². The zero-order valence-electron chi connectivity index (χ0n) is 16.0. The van der Waals surface area contributed by atoms with Gasteiger partial charge in [0.2, 0.25) is 11.8 Å². The van der Waals surface area contributed by atoms with Gasteiger partial charge in [-0.1, -0.05) is 29.8 Å². The van der Waals surface area contributed by atoms with Crippen molar-refractivity contribution in [1.82, 2.24) is 4.90 Å². The topological polar surface area (TPSA) is 67.9 Å². The van der Waals surface area contributed by atoms with E-state index in [4.69, 9.17) is 9.47 Å². The van der Waals surface area contributed by atoms with Crippen molar-refractivity contribution in [3.05, 3.63) is 54.1 Å². The monoisotopic (exact) mass is 400 g/mol. The summed E-state index contributed by atoms with van der Waals surface area (Å²) in [6.45, 7) is 2.83. The number of likely N-dealkylation sites (N-methyl/N-ethyl adjacent to an activating group) is 1. The predicted octanol–water partition coefficient (Wildman–Crippen LogP) is 2.97. The number of nitrogens with one attached hydrogen (secondary N) is 1. The van der Waals surface area contributed by atoms with E-state index in [0.29, 0.717) is 18.9 Å². The second-order valence-corrected chi connectivity index (χ2v) is 7.66. The molecule has 7 heteroatoms. The summed E-state index contributed by atoms with van der Waals surface area (Å²) >= 11 is 1.30. The van der Waals surface area contributed by atoms with E-state index in [0.717, 1.165) is 17.0 Å². The molecule has 0 aliphatic carbocycles. The number of hydrogen-bond donors (Lipinski definition) is 1. The van der Waals surface area contributed by atoms with Crippen LogP contribution in [-0.4, -0.2) is 54.5 Å². The largest absolute Gasteiger partial charge is 0.486 e. The first-order valence-electron chi connectivity index (χ1n) is 9.08. The zero-order valence-corrected chi connectivity index (χ0v) is 16.8. The van der Waals surface area contributed by atoms with Gasteiger partial charge in [-0.2, -0.15) is 0 Å². The van der Waals surface area contributed by atoms with E-state index in [-0.39, 0.29) is 29.4 Å². The first-order chi connectivity index (χ1) is 13.5. The molecule has 28 heavy (non-hydrogen) atoms. The van der Waals surface area contributed by atoms with Gasteiger partial charge in [0.25, 0.3) is 0 Å². The Morgan fingerprint density at radius 3 is 2.57 bits per heavy atom. The van der Waals surface area contributed by atoms with Crippen molar-refractivity contribution >= 4 is 29.3 Å². The van der Waals surface area contributed by atoms with Crippen LogP contribution in [0.15, 0.2) is 48.5 Å². The fourth-order valence-corrected chi connectivity index (χ4v) is 3.49. The van der Waals surface area contributed by atoms with E-state index in [2.05, 4.69) is 5.32 Å². The Balaban J connectivity index is 1.37. The minimum absolute atomic E-state index is 0.0457. The van der Waals surface area contributed by atoms with E-state index < -0.39 is 0 Å². The SMILES string of the molecule is Cc1ccc(NC(=O)CSCC(=O)N(C)C[C@@H]2COc3ccccc3O2)cc1. The third-order valence-electron chi connectivity index (χ3n) is 4.26. The quantitative estimate of drug-likeness (QED) is 0.774. The number of ether oxygens (including phenoxy) is 2. The van der Waals surface area contributed by atoms with Crippen LogP contribution in [0.5, 0.6) is 11.5 Å². The van der Waals surface area contributed by atoms with Gasteiger partial charge in [-0.25, -0.2) is 0 Å². The van der Waals surface area contributed by atoms with Gasteiger partial charge < -0.3 is 19.7 Å². The van der Waals surface area contributed by atoms with Gasteiger partial charge in [-0.15, -0.1) is 11.8 Å². The molecular weight excluding hydrogens is 376 g/mol. The van der Waals surface area contributed by atoms with Crippen LogP contribution in [0.3, 0.4) is 0 Å². The third-order valence-corrected chi connectivity index (χ3v) is 5.18. The Labute approximate surface area is 169 Å². The second-order valence-electron chi connectivity index (χ2n) is 6.68. The van der Waals surface area contributed by atoms with Crippen molar-refractivity contribution in [2.45, 2.75) is 13.0 Å². The lowest BCUT2D eigenvalue weighted by molar-refractivity contribution is -0.128. The lowest BCUT2D eigenvalue weighted by Crippen LogP contribution is -2.42. The number of rotatable bonds is 7. The van der Waals surface area contributed by atoms with Crippen molar-refractivity contribution < 1.29 is 19.1 Å². The standard InChI is InChI=1S/C21H24N2O4S/c1-15-7-9-16(10-8-15)22-20(24)13-28-14-21(25)23(2)11-17-12-26-18-5-3-4-6-19(18)27-17/h3-10,17H,11-14H2,1-2H3,(H,22,24)/t17-/m1/s1. The molecule has 1 aliphatic rings. The molecular formula is C21H24N2O4S. The molecule has 148 valence electrons. The summed E-state index contributed by atoms with van der Waals surface area (Å²) in [6.07, 6.45) is -0.210. The van der Waals surface area contributed by atoms with Crippen LogP contribution in [0.25, 0.3) is 0 Å². The molecule has 0 spiro atoms. The van der Waals surface area contributed by atoms with E-state index in [1.807, 2.05) is 55.5 Å². The highest BCUT2D eigenvalue weighted by Gasteiger charge is 2.23. The van der Waals surface area contributed by atoms with Gasteiger partial charge in [0.15, 0.2) is 17.6 Å². The number of carbonyl (C=O) groups is 2. The molecule has 0 fully saturated rings. The highest BCUT2D eigenvalue weighted by Crippen LogP contribution is 2.30. The number of thioether (sulfide) groups is 1. The summed E-state index contributed by atoms with van der Waals surface area (Å²) in [4.78, 5) is 25.9. The highest BCUT2D eigenvalue weighted by atomic mass is 32.2. The van der Waals surface area contributed by atoms with Crippen molar-refractivity contribution in [2.24, 2.45) is 0 Å². The zero-order chi connectivity index (χ0) is 19.9. The summed E-state index contributed by atoms with van der Waals surface area (Å²) in [7, 11) is 1.74. The first-order valence-corrected chi connectivity index (χ1v) is 10.2. The van der Waals surface area contributed by atoms with Crippen LogP contribution in [0, 0.1) is 6.92 Å². The molecule has 1 heterocycles. The summed E-state index contributed by atoms with van der Waals surface area (Å²) in [5.74, 6) is 1.72. The fraction of sp³-hybridized carbons (Fsp3) is 0.333. The Hall–Kier alpha value is -2.67. The molecule has 3 rings (SSSR count). The molecule has 0 unspecified atom stereocenters. The maximum atomic E-state index is 12.3. The average molecular weight is 401 g/mol. The van der Waals surface area contributed by atoms with Crippen molar-refractivity contribution in [3.8, 4) is 11.5 Å². The molecule has 2 aromatic rings. The predicted molar refractivity (Wildman–Crippen MR) is 111 cm³/mol. The number of para-hydroxylation sites is 2. The lowest BCUT2D eigenvalue weighted by atomic mass is 10.2. The number of aryl methyl sites for hydroxylation is 1. The molecule has 0 saturated carbocycles. The average Bonchev–Trinajstić information content (AvgIpc) is 2.69. The molecule has 1 aliphatic heterocycles. The molecule has 0 bridgehead atoms. The van der Waals surface area contributed by atoms with Crippen LogP contribution in [0.4, 0.5) is 5.69 Å². The van der Waals surface area contributed by atoms with Crippen molar-refractivity contribution in [2.75, 3.05) is 37.0 Å². The highest BCUT2D eigenvalue weighted by molar-refractivity contribution is 8.00. The molecule has 0 aromatic heterocycles. The van der Waals surface area contributed by atoms with Crippen LogP contribution in [-0.2, 0) is 9.59 Å². The molecule has 0 saturated heterocycles. The van der Waals surface area contributed by atoms with Crippen molar-refractivity contribution in [1.29, 1.82) is 0 Å². The van der Waals surface area contributed by atoms with Crippen LogP contribution in [0.1, 0.15) is 5.56 Å². The number of carbonyl (C=O) groups excluding carboxylic acids is 2. The van der Waals surface area contributed by atoms with Gasteiger partial charge in [-0.3, -0.25) is 9.59 Å². The first kappa shape index (κ1) is 20.1. The summed E-state index contributed by atoms with van der Waals surface area (Å²) in [5, 5.41) is 2.83. The Morgan fingerprint density at radius 2 is 1.82 bits per heavy atom. The number of amides is 2. The van der Waals surface area contributed by atoms with Gasteiger partial charge in [0.05, 0.1) is 18.1 Å². The number of nitrogens with zero attached hydrogens (tertiary/aromatic N) is 1. The Bertz CT molecular complexity index is 825. The van der Waals surface area contributed by atoms with E-state index in [1.54, 1.807) is 11.9 Å². The number of anilines is 1. The summed E-state index contributed by atoms with van der Waals surface area (Å²) in [5.41, 5.74) is 1.89. The van der Waals surface area contributed by atoms with Crippen molar-refractivity contribution in [3.63, 3.8) is 0 Å². The summed E-state index contributed by atoms with van der Waals surface area (Å²) in [6, 6.07) is 15.1. The Kier molecular flexibility index (Phi) is 6.81. The molecule has 1 N–H and O–H groups in total. The lowest BCUT2D eigenvalue weighted by Gasteiger charge is -2.29. The minimum Gasteiger partial charge on any atom is -0.486 e. The normalized spacial score (nSPS) is 15.0. The molecule has 6 nitrogen and oxygen atoms in total. The van der Waals surface area contributed by atoms with Gasteiger partial charge in [0, 0.05) is 12.7 Å². The van der Waals surface area contributed by atoms with Crippen LogP contribution < -0.4 is 14.8 Å². The second kappa shape index (κ2) is 9.50. The molecule has 1 atom stereocenters. The Morgan fingerprint density at radius 1 is 1.11 bits per heavy atom. The number of benzene rings is 2. The maximum absolute atomic E-state index is 12.3. The fourth-order valence-electron chi connectivity index (χ4n) is 2.74. The molecule has 2 aromatic carbocycles. The maximum Gasteiger partial charge on any atom is 0.234 e. The van der Waals surface area contributed by atoms with Gasteiger partial charge in [-0.05, 0) is 31.2 Å². The van der Waals surface area contributed by atoms with Crippen LogP contribution in [0.2, 0.25) is 0 Å². The van der Waals surface area contributed by atoms with Gasteiger partial charge in [0.1, 0.15) is 6.61 Å². The van der Waals surface area contributed by atoms with Gasteiger partial charge >= 0.3 is 0 Å². The van der Waals surface area contributed by atoms with E-state index in [1.165, 1.54) is 11.8 Å². The van der Waals surface area contributed by atoms with E-state index in [9.17, 15) is 9.59 Å². The number of fused-ring (bicyclic) bond motifs is 1. The molecule has 0 radical (unpaired) electrons. The number of hydrogen-bond acceptors (Lipinski definition) is 5. The summed E-state index contributed by atoms with van der Waals surface area (Å²) < 4.78 is 11.6. The van der Waals surface area contributed by atoms with E-state index >= 15 is 0 Å². The smallest absolute Gasteiger partial charge is 0.234 e. The molecule has 2 amide bonds.